The minimum atomic E-state index is 0.367. The number of benzene rings is 1. The molecule has 3 rings (SSSR count). The van der Waals surface area contributed by atoms with E-state index in [-0.39, 0.29) is 0 Å². The zero-order valence-electron chi connectivity index (χ0n) is 16.3. The number of aliphatic imine (C=N–C) groups is 1. The molecule has 0 unspecified atom stereocenters. The lowest BCUT2D eigenvalue weighted by Crippen LogP contribution is -2.46. The van der Waals surface area contributed by atoms with Crippen LogP contribution in [-0.4, -0.2) is 47.5 Å². The Morgan fingerprint density at radius 1 is 1.26 bits per heavy atom. The summed E-state index contributed by atoms with van der Waals surface area (Å²) >= 11 is 0. The summed E-state index contributed by atoms with van der Waals surface area (Å²) in [6.45, 7) is 5.36. The lowest BCUT2D eigenvalue weighted by atomic mass is 9.67. The summed E-state index contributed by atoms with van der Waals surface area (Å²) in [6, 6.07) is 8.23. The Labute approximate surface area is 161 Å². The van der Waals surface area contributed by atoms with Crippen LogP contribution in [0.4, 0.5) is 0 Å². The predicted octanol–water partition coefficient (Wildman–Crippen LogP) is 2.53. The van der Waals surface area contributed by atoms with Crippen LogP contribution in [0.15, 0.2) is 41.9 Å². The van der Waals surface area contributed by atoms with Gasteiger partial charge >= 0.3 is 0 Å². The molecule has 0 bridgehead atoms. The van der Waals surface area contributed by atoms with E-state index >= 15 is 0 Å². The van der Waals surface area contributed by atoms with Crippen molar-refractivity contribution in [1.82, 2.24) is 25.4 Å². The minimum absolute atomic E-state index is 0.367. The Balaban J connectivity index is 1.56. The van der Waals surface area contributed by atoms with Crippen LogP contribution >= 0.6 is 0 Å². The highest BCUT2D eigenvalue weighted by molar-refractivity contribution is 5.79. The van der Waals surface area contributed by atoms with Crippen molar-refractivity contribution in [3.05, 3.63) is 42.5 Å². The van der Waals surface area contributed by atoms with Gasteiger partial charge in [-0.1, -0.05) is 18.6 Å². The second kappa shape index (κ2) is 9.50. The third-order valence-electron chi connectivity index (χ3n) is 5.27. The monoisotopic (exact) mass is 370 g/mol. The number of nitrogens with one attached hydrogen (secondary N) is 2. The molecule has 7 heteroatoms. The average Bonchev–Trinajstić information content (AvgIpc) is 3.20. The highest BCUT2D eigenvalue weighted by Gasteiger charge is 2.36. The number of nitrogens with zero attached hydrogens (tertiary/aromatic N) is 4. The molecule has 146 valence electrons. The van der Waals surface area contributed by atoms with Gasteiger partial charge in [0.15, 0.2) is 5.96 Å². The minimum Gasteiger partial charge on any atom is -0.385 e. The van der Waals surface area contributed by atoms with Gasteiger partial charge in [-0.2, -0.15) is 5.10 Å². The SMILES string of the molecule is CCNC(=NCc1ccc(-n2cncn2)cc1)NCC1(CCOC)CCC1. The molecule has 0 amide bonds. The summed E-state index contributed by atoms with van der Waals surface area (Å²) < 4.78 is 7.03. The van der Waals surface area contributed by atoms with E-state index in [0.717, 1.165) is 43.3 Å². The standard InChI is InChI=1S/C20H30N6O/c1-3-22-19(24-14-20(9-4-10-20)11-12-27-2)23-13-17-5-7-18(8-6-17)26-16-21-15-25-26/h5-8,15-16H,3-4,9-14H2,1-2H3,(H2,22,23,24). The summed E-state index contributed by atoms with van der Waals surface area (Å²) in [7, 11) is 1.78. The van der Waals surface area contributed by atoms with Crippen molar-refractivity contribution >= 4 is 5.96 Å². The van der Waals surface area contributed by atoms with E-state index in [2.05, 4.69) is 39.8 Å². The Hall–Kier alpha value is -2.41. The zero-order chi connectivity index (χ0) is 19.0. The Kier molecular flexibility index (Phi) is 6.81. The van der Waals surface area contributed by atoms with Crippen molar-refractivity contribution in [1.29, 1.82) is 0 Å². The van der Waals surface area contributed by atoms with Crippen LogP contribution in [0.2, 0.25) is 0 Å². The molecule has 7 nitrogen and oxygen atoms in total. The number of guanidine groups is 1. The number of rotatable bonds is 9. The van der Waals surface area contributed by atoms with Gasteiger partial charge in [0, 0.05) is 26.8 Å². The van der Waals surface area contributed by atoms with Gasteiger partial charge in [-0.05, 0) is 49.3 Å². The maximum absolute atomic E-state index is 5.29. The number of hydrogen-bond acceptors (Lipinski definition) is 4. The van der Waals surface area contributed by atoms with E-state index in [9.17, 15) is 0 Å². The first kappa shape index (κ1) is 19.4. The van der Waals surface area contributed by atoms with Crippen molar-refractivity contribution in [2.24, 2.45) is 10.4 Å². The largest absolute Gasteiger partial charge is 0.385 e. The molecule has 1 aromatic heterocycles. The van der Waals surface area contributed by atoms with Crippen molar-refractivity contribution in [3.63, 3.8) is 0 Å². The van der Waals surface area contributed by atoms with E-state index in [4.69, 9.17) is 9.73 Å². The summed E-state index contributed by atoms with van der Waals surface area (Å²) in [5.74, 6) is 0.876. The van der Waals surface area contributed by atoms with Crippen LogP contribution in [0.1, 0.15) is 38.2 Å². The maximum atomic E-state index is 5.29. The first-order valence-corrected chi connectivity index (χ1v) is 9.70. The van der Waals surface area contributed by atoms with Crippen LogP contribution in [0.5, 0.6) is 0 Å². The Morgan fingerprint density at radius 2 is 2.07 bits per heavy atom. The highest BCUT2D eigenvalue weighted by Crippen LogP contribution is 2.43. The van der Waals surface area contributed by atoms with E-state index in [1.807, 2.05) is 12.1 Å². The quantitative estimate of drug-likeness (QED) is 0.524. The molecule has 1 saturated carbocycles. The number of ether oxygens (including phenoxy) is 1. The van der Waals surface area contributed by atoms with Gasteiger partial charge in [-0.25, -0.2) is 14.7 Å². The summed E-state index contributed by atoms with van der Waals surface area (Å²) in [6.07, 6.45) is 8.20. The van der Waals surface area contributed by atoms with E-state index in [1.165, 1.54) is 25.6 Å². The molecule has 27 heavy (non-hydrogen) atoms. The predicted molar refractivity (Wildman–Crippen MR) is 107 cm³/mol. The van der Waals surface area contributed by atoms with Gasteiger partial charge in [-0.3, -0.25) is 0 Å². The van der Waals surface area contributed by atoms with Gasteiger partial charge in [-0.15, -0.1) is 0 Å². The van der Waals surface area contributed by atoms with Crippen molar-refractivity contribution in [2.45, 2.75) is 39.2 Å². The fourth-order valence-corrected chi connectivity index (χ4v) is 3.39. The van der Waals surface area contributed by atoms with E-state index in [1.54, 1.807) is 18.1 Å². The van der Waals surface area contributed by atoms with Gasteiger partial charge in [0.1, 0.15) is 12.7 Å². The fraction of sp³-hybridized carbons (Fsp3) is 0.550. The topological polar surface area (TPSA) is 76.4 Å². The molecule has 0 spiro atoms. The van der Waals surface area contributed by atoms with Crippen molar-refractivity contribution < 1.29 is 4.74 Å². The molecule has 1 fully saturated rings. The lowest BCUT2D eigenvalue weighted by molar-refractivity contribution is 0.0732. The number of aromatic nitrogens is 3. The van der Waals surface area contributed by atoms with Gasteiger partial charge in [0.2, 0.25) is 0 Å². The molecule has 0 aliphatic heterocycles. The molecule has 1 aliphatic rings. The van der Waals surface area contributed by atoms with Crippen LogP contribution in [0, 0.1) is 5.41 Å². The van der Waals surface area contributed by atoms with Gasteiger partial charge in [0.25, 0.3) is 0 Å². The molecule has 1 heterocycles. The Bertz CT molecular complexity index is 707. The molecular formula is C20H30N6O. The third kappa shape index (κ3) is 5.29. The molecule has 0 saturated heterocycles. The van der Waals surface area contributed by atoms with E-state index < -0.39 is 0 Å². The molecule has 0 atom stereocenters. The van der Waals surface area contributed by atoms with Gasteiger partial charge < -0.3 is 15.4 Å². The second-order valence-corrected chi connectivity index (χ2v) is 7.15. The zero-order valence-corrected chi connectivity index (χ0v) is 16.3. The smallest absolute Gasteiger partial charge is 0.191 e. The van der Waals surface area contributed by atoms with Crippen molar-refractivity contribution in [2.75, 3.05) is 26.8 Å². The van der Waals surface area contributed by atoms with Crippen LogP contribution in [-0.2, 0) is 11.3 Å². The van der Waals surface area contributed by atoms with E-state index in [0.29, 0.717) is 12.0 Å². The molecule has 1 aliphatic carbocycles. The summed E-state index contributed by atoms with van der Waals surface area (Å²) in [5, 5.41) is 11.0. The van der Waals surface area contributed by atoms with Crippen molar-refractivity contribution in [3.8, 4) is 5.69 Å². The third-order valence-corrected chi connectivity index (χ3v) is 5.27. The van der Waals surface area contributed by atoms with Gasteiger partial charge in [0.05, 0.1) is 12.2 Å². The first-order valence-electron chi connectivity index (χ1n) is 9.70. The normalized spacial score (nSPS) is 16.0. The maximum Gasteiger partial charge on any atom is 0.191 e. The average molecular weight is 371 g/mol. The number of methoxy groups -OCH3 is 1. The fourth-order valence-electron chi connectivity index (χ4n) is 3.39. The van der Waals surface area contributed by atoms with Crippen LogP contribution in [0.25, 0.3) is 5.69 Å². The molecule has 0 radical (unpaired) electrons. The summed E-state index contributed by atoms with van der Waals surface area (Å²) in [5.41, 5.74) is 2.52. The van der Waals surface area contributed by atoms with Crippen LogP contribution in [0.3, 0.4) is 0 Å². The molecule has 2 aromatic rings. The molecule has 2 N–H and O–H groups in total. The molecule has 1 aromatic carbocycles. The molecular weight excluding hydrogens is 340 g/mol. The Morgan fingerprint density at radius 3 is 2.67 bits per heavy atom. The first-order chi connectivity index (χ1) is 13.2. The van der Waals surface area contributed by atoms with Crippen LogP contribution < -0.4 is 10.6 Å². The highest BCUT2D eigenvalue weighted by atomic mass is 16.5. The number of hydrogen-bond donors (Lipinski definition) is 2. The summed E-state index contributed by atoms with van der Waals surface area (Å²) in [4.78, 5) is 8.72. The second-order valence-electron chi connectivity index (χ2n) is 7.15. The lowest BCUT2D eigenvalue weighted by Gasteiger charge is -2.42.